The van der Waals surface area contributed by atoms with Gasteiger partial charge in [-0.05, 0) is 43.9 Å². The molecule has 1 aliphatic heterocycles. The number of carbonyl (C=O) groups is 1. The van der Waals surface area contributed by atoms with Crippen molar-refractivity contribution in [3.05, 3.63) is 29.8 Å². The minimum Gasteiger partial charge on any atom is -0.494 e. The van der Waals surface area contributed by atoms with Gasteiger partial charge in [0.15, 0.2) is 0 Å². The lowest BCUT2D eigenvalue weighted by Crippen LogP contribution is -2.26. The van der Waals surface area contributed by atoms with Crippen LogP contribution in [-0.2, 0) is 20.7 Å². The normalized spacial score (nSPS) is 18.6. The van der Waals surface area contributed by atoms with Crippen LogP contribution in [0.4, 0.5) is 0 Å². The van der Waals surface area contributed by atoms with E-state index in [4.69, 9.17) is 14.2 Å². The van der Waals surface area contributed by atoms with Crippen LogP contribution in [0.2, 0.25) is 0 Å². The van der Waals surface area contributed by atoms with Crippen molar-refractivity contribution in [1.29, 1.82) is 0 Å². The first kappa shape index (κ1) is 14.9. The van der Waals surface area contributed by atoms with Gasteiger partial charge in [0.1, 0.15) is 12.4 Å². The maximum absolute atomic E-state index is 11.8. The van der Waals surface area contributed by atoms with E-state index in [1.165, 1.54) is 0 Å². The van der Waals surface area contributed by atoms with Gasteiger partial charge in [-0.2, -0.15) is 0 Å². The molecule has 4 heteroatoms. The highest BCUT2D eigenvalue weighted by Crippen LogP contribution is 2.14. The van der Waals surface area contributed by atoms with Crippen molar-refractivity contribution in [2.45, 2.75) is 38.7 Å². The highest BCUT2D eigenvalue weighted by Gasteiger charge is 2.16. The molecule has 20 heavy (non-hydrogen) atoms. The fraction of sp³-hybridized carbons (Fsp3) is 0.562. The smallest absolute Gasteiger partial charge is 0.310 e. The van der Waals surface area contributed by atoms with Crippen LogP contribution in [0.15, 0.2) is 24.3 Å². The molecule has 2 rings (SSSR count). The number of rotatable bonds is 6. The molecule has 0 amide bonds. The van der Waals surface area contributed by atoms with E-state index < -0.39 is 0 Å². The van der Waals surface area contributed by atoms with E-state index in [1.54, 1.807) is 0 Å². The largest absolute Gasteiger partial charge is 0.494 e. The van der Waals surface area contributed by atoms with Gasteiger partial charge in [-0.25, -0.2) is 0 Å². The second kappa shape index (κ2) is 7.90. The predicted octanol–water partition coefficient (Wildman–Crippen LogP) is 2.74. The van der Waals surface area contributed by atoms with Gasteiger partial charge in [0.2, 0.25) is 0 Å². The zero-order valence-electron chi connectivity index (χ0n) is 12.0. The lowest BCUT2D eigenvalue weighted by molar-refractivity contribution is -0.148. The van der Waals surface area contributed by atoms with Crippen molar-refractivity contribution in [2.75, 3.05) is 19.8 Å². The summed E-state index contributed by atoms with van der Waals surface area (Å²) < 4.78 is 16.2. The third kappa shape index (κ3) is 4.85. The summed E-state index contributed by atoms with van der Waals surface area (Å²) in [7, 11) is 0. The Morgan fingerprint density at radius 3 is 2.75 bits per heavy atom. The predicted molar refractivity (Wildman–Crippen MR) is 75.9 cm³/mol. The number of esters is 1. The average Bonchev–Trinajstić information content (AvgIpc) is 2.49. The molecular formula is C16H22O4. The van der Waals surface area contributed by atoms with Gasteiger partial charge >= 0.3 is 5.97 Å². The lowest BCUT2D eigenvalue weighted by Gasteiger charge is -2.22. The van der Waals surface area contributed by atoms with Gasteiger partial charge in [0.25, 0.3) is 0 Å². The van der Waals surface area contributed by atoms with E-state index in [1.807, 2.05) is 31.2 Å². The second-order valence-corrected chi connectivity index (χ2v) is 4.93. The lowest BCUT2D eigenvalue weighted by atomic mass is 10.1. The van der Waals surface area contributed by atoms with Crippen molar-refractivity contribution >= 4 is 5.97 Å². The molecule has 1 saturated heterocycles. The Morgan fingerprint density at radius 1 is 1.30 bits per heavy atom. The summed E-state index contributed by atoms with van der Waals surface area (Å²) in [6.45, 7) is 3.73. The van der Waals surface area contributed by atoms with Crippen molar-refractivity contribution in [3.63, 3.8) is 0 Å². The monoisotopic (exact) mass is 278 g/mol. The fourth-order valence-corrected chi connectivity index (χ4v) is 2.21. The standard InChI is InChI=1S/C16H22O4/c1-2-18-14-8-6-13(7-9-14)11-16(17)20-12-15-5-3-4-10-19-15/h6-9,15H,2-5,10-12H2,1H3. The van der Waals surface area contributed by atoms with E-state index in [-0.39, 0.29) is 12.1 Å². The first-order valence-corrected chi connectivity index (χ1v) is 7.27. The van der Waals surface area contributed by atoms with Gasteiger partial charge in [0.05, 0.1) is 19.1 Å². The minimum atomic E-state index is -0.205. The first-order valence-electron chi connectivity index (χ1n) is 7.27. The Balaban J connectivity index is 1.73. The van der Waals surface area contributed by atoms with E-state index in [0.717, 1.165) is 37.2 Å². The molecule has 0 bridgehead atoms. The van der Waals surface area contributed by atoms with Crippen molar-refractivity contribution < 1.29 is 19.0 Å². The molecular weight excluding hydrogens is 256 g/mol. The molecule has 1 atom stereocenters. The molecule has 1 heterocycles. The molecule has 0 spiro atoms. The number of carbonyl (C=O) groups excluding carboxylic acids is 1. The summed E-state index contributed by atoms with van der Waals surface area (Å²) in [5.41, 5.74) is 0.933. The molecule has 110 valence electrons. The summed E-state index contributed by atoms with van der Waals surface area (Å²) >= 11 is 0. The van der Waals surface area contributed by atoms with Gasteiger partial charge in [-0.3, -0.25) is 4.79 Å². The van der Waals surface area contributed by atoms with Gasteiger partial charge in [0, 0.05) is 6.61 Å². The quantitative estimate of drug-likeness (QED) is 0.751. The molecule has 0 radical (unpaired) electrons. The number of benzene rings is 1. The third-order valence-corrected chi connectivity index (χ3v) is 3.29. The van der Waals surface area contributed by atoms with Gasteiger partial charge < -0.3 is 14.2 Å². The summed E-state index contributed by atoms with van der Waals surface area (Å²) in [5.74, 6) is 0.614. The summed E-state index contributed by atoms with van der Waals surface area (Å²) in [5, 5.41) is 0. The molecule has 1 unspecified atom stereocenters. The molecule has 1 fully saturated rings. The van der Waals surface area contributed by atoms with E-state index in [0.29, 0.717) is 19.6 Å². The second-order valence-electron chi connectivity index (χ2n) is 4.93. The summed E-state index contributed by atoms with van der Waals surface area (Å²) in [6.07, 6.45) is 3.61. The highest BCUT2D eigenvalue weighted by molar-refractivity contribution is 5.72. The molecule has 1 aromatic carbocycles. The first-order chi connectivity index (χ1) is 9.78. The third-order valence-electron chi connectivity index (χ3n) is 3.29. The van der Waals surface area contributed by atoms with Crippen LogP contribution >= 0.6 is 0 Å². The SMILES string of the molecule is CCOc1ccc(CC(=O)OCC2CCCCO2)cc1. The van der Waals surface area contributed by atoms with Gasteiger partial charge in [-0.15, -0.1) is 0 Å². The Kier molecular flexibility index (Phi) is 5.87. The van der Waals surface area contributed by atoms with Crippen molar-refractivity contribution in [1.82, 2.24) is 0 Å². The molecule has 1 aliphatic rings. The highest BCUT2D eigenvalue weighted by atomic mass is 16.6. The minimum absolute atomic E-state index is 0.0769. The van der Waals surface area contributed by atoms with Gasteiger partial charge in [-0.1, -0.05) is 12.1 Å². The van der Waals surface area contributed by atoms with Crippen LogP contribution in [-0.4, -0.2) is 31.9 Å². The van der Waals surface area contributed by atoms with Crippen molar-refractivity contribution in [3.8, 4) is 5.75 Å². The maximum atomic E-state index is 11.8. The topological polar surface area (TPSA) is 44.8 Å². The molecule has 4 nitrogen and oxygen atoms in total. The Morgan fingerprint density at radius 2 is 2.10 bits per heavy atom. The van der Waals surface area contributed by atoms with Crippen LogP contribution < -0.4 is 4.74 Å². The molecule has 0 aromatic heterocycles. The zero-order chi connectivity index (χ0) is 14.2. The van der Waals surface area contributed by atoms with E-state index in [9.17, 15) is 4.79 Å². The van der Waals surface area contributed by atoms with E-state index >= 15 is 0 Å². The van der Waals surface area contributed by atoms with E-state index in [2.05, 4.69) is 0 Å². The van der Waals surface area contributed by atoms with Crippen LogP contribution in [0.1, 0.15) is 31.7 Å². The summed E-state index contributed by atoms with van der Waals surface area (Å²) in [6, 6.07) is 7.53. The van der Waals surface area contributed by atoms with Crippen LogP contribution in [0, 0.1) is 0 Å². The maximum Gasteiger partial charge on any atom is 0.310 e. The van der Waals surface area contributed by atoms with Crippen LogP contribution in [0.25, 0.3) is 0 Å². The molecule has 0 saturated carbocycles. The fourth-order valence-electron chi connectivity index (χ4n) is 2.21. The Bertz CT molecular complexity index is 407. The Hall–Kier alpha value is -1.55. The number of hydrogen-bond donors (Lipinski definition) is 0. The molecule has 0 N–H and O–H groups in total. The molecule has 0 aliphatic carbocycles. The van der Waals surface area contributed by atoms with Crippen LogP contribution in [0.5, 0.6) is 5.75 Å². The van der Waals surface area contributed by atoms with Crippen LogP contribution in [0.3, 0.4) is 0 Å². The Labute approximate surface area is 120 Å². The van der Waals surface area contributed by atoms with Crippen molar-refractivity contribution in [2.24, 2.45) is 0 Å². The number of hydrogen-bond acceptors (Lipinski definition) is 4. The average molecular weight is 278 g/mol. The number of ether oxygens (including phenoxy) is 3. The zero-order valence-corrected chi connectivity index (χ0v) is 12.0. The molecule has 1 aromatic rings. The summed E-state index contributed by atoms with van der Waals surface area (Å²) in [4.78, 5) is 11.8.